The van der Waals surface area contributed by atoms with Gasteiger partial charge in [0.05, 0.1) is 6.54 Å². The molecule has 0 aliphatic carbocycles. The second-order valence-corrected chi connectivity index (χ2v) is 6.46. The molecule has 0 radical (unpaired) electrons. The van der Waals surface area contributed by atoms with Crippen molar-refractivity contribution in [3.8, 4) is 5.75 Å². The predicted octanol–water partition coefficient (Wildman–Crippen LogP) is 1.51. The summed E-state index contributed by atoms with van der Waals surface area (Å²) in [6.45, 7) is 6.37. The van der Waals surface area contributed by atoms with E-state index in [1.165, 1.54) is 6.07 Å². The van der Waals surface area contributed by atoms with Crippen LogP contribution in [0.3, 0.4) is 0 Å². The Morgan fingerprint density at radius 2 is 1.93 bits per heavy atom. The molecule has 0 atom stereocenters. The standard InChI is InChI=1S/C19H29F2N5O2/c1-3-22-19(23-8-9-25-10-12-26(13-11-25)15(2)27)24-14-16-6-4-5-7-17(16)28-18(20)21/h4-7,18H,3,8-14H2,1-2H3,(H2,22,23,24). The summed E-state index contributed by atoms with van der Waals surface area (Å²) in [7, 11) is 0. The van der Waals surface area contributed by atoms with Crippen molar-refractivity contribution < 1.29 is 18.3 Å². The summed E-state index contributed by atoms with van der Waals surface area (Å²) in [5.41, 5.74) is 0.598. The van der Waals surface area contributed by atoms with Crippen LogP contribution in [0.1, 0.15) is 19.4 Å². The fourth-order valence-corrected chi connectivity index (χ4v) is 2.97. The number of amides is 1. The number of alkyl halides is 2. The Balaban J connectivity index is 1.84. The van der Waals surface area contributed by atoms with E-state index in [-0.39, 0.29) is 18.2 Å². The Morgan fingerprint density at radius 3 is 2.57 bits per heavy atom. The molecule has 0 spiro atoms. The normalized spacial score (nSPS) is 15.6. The fourth-order valence-electron chi connectivity index (χ4n) is 2.97. The Kier molecular flexibility index (Phi) is 8.93. The lowest BCUT2D eigenvalue weighted by molar-refractivity contribution is -0.130. The molecule has 1 aromatic carbocycles. The first kappa shape index (κ1) is 21.9. The van der Waals surface area contributed by atoms with Gasteiger partial charge in [-0.1, -0.05) is 18.2 Å². The topological polar surface area (TPSA) is 69.2 Å². The van der Waals surface area contributed by atoms with Crippen LogP contribution in [-0.2, 0) is 11.3 Å². The third-order valence-corrected chi connectivity index (χ3v) is 4.48. The van der Waals surface area contributed by atoms with E-state index in [1.807, 2.05) is 11.8 Å². The highest BCUT2D eigenvalue weighted by Gasteiger charge is 2.18. The maximum atomic E-state index is 12.5. The van der Waals surface area contributed by atoms with Gasteiger partial charge in [-0.3, -0.25) is 9.69 Å². The van der Waals surface area contributed by atoms with Gasteiger partial charge < -0.3 is 20.3 Å². The smallest absolute Gasteiger partial charge is 0.387 e. The minimum absolute atomic E-state index is 0.121. The molecule has 1 amide bonds. The van der Waals surface area contributed by atoms with Gasteiger partial charge in [0.2, 0.25) is 5.91 Å². The Bertz CT molecular complexity index is 649. The van der Waals surface area contributed by atoms with Crippen molar-refractivity contribution in [3.05, 3.63) is 29.8 Å². The van der Waals surface area contributed by atoms with E-state index in [1.54, 1.807) is 25.1 Å². The van der Waals surface area contributed by atoms with Gasteiger partial charge in [0.25, 0.3) is 0 Å². The number of nitrogens with one attached hydrogen (secondary N) is 2. The number of rotatable bonds is 8. The molecule has 1 aromatic rings. The van der Waals surface area contributed by atoms with E-state index in [2.05, 4.69) is 25.3 Å². The van der Waals surface area contributed by atoms with Crippen LogP contribution in [0.2, 0.25) is 0 Å². The number of hydrogen-bond acceptors (Lipinski definition) is 4. The maximum absolute atomic E-state index is 12.5. The highest BCUT2D eigenvalue weighted by Crippen LogP contribution is 2.20. The summed E-state index contributed by atoms with van der Waals surface area (Å²) in [5.74, 6) is 0.882. The Hall–Kier alpha value is -2.42. The molecule has 0 bridgehead atoms. The lowest BCUT2D eigenvalue weighted by Gasteiger charge is -2.34. The van der Waals surface area contributed by atoms with E-state index in [0.717, 1.165) is 32.7 Å². The summed E-state index contributed by atoms with van der Waals surface area (Å²) >= 11 is 0. The highest BCUT2D eigenvalue weighted by molar-refractivity contribution is 5.79. The first-order valence-corrected chi connectivity index (χ1v) is 9.52. The SMILES string of the molecule is CCNC(=NCc1ccccc1OC(F)F)NCCN1CCN(C(C)=O)CC1. The summed E-state index contributed by atoms with van der Waals surface area (Å²) in [6.07, 6.45) is 0. The molecule has 2 rings (SSSR count). The fraction of sp³-hybridized carbons (Fsp3) is 0.579. The van der Waals surface area contributed by atoms with Gasteiger partial charge in [-0.05, 0) is 13.0 Å². The highest BCUT2D eigenvalue weighted by atomic mass is 19.3. The molecule has 0 saturated carbocycles. The predicted molar refractivity (Wildman–Crippen MR) is 105 cm³/mol. The van der Waals surface area contributed by atoms with Crippen LogP contribution in [0.25, 0.3) is 0 Å². The molecule has 1 saturated heterocycles. The average Bonchev–Trinajstić information content (AvgIpc) is 2.67. The molecule has 1 aliphatic heterocycles. The zero-order valence-corrected chi connectivity index (χ0v) is 16.5. The van der Waals surface area contributed by atoms with Gasteiger partial charge in [0.1, 0.15) is 5.75 Å². The van der Waals surface area contributed by atoms with Crippen LogP contribution in [0.4, 0.5) is 8.78 Å². The van der Waals surface area contributed by atoms with Gasteiger partial charge in [0.15, 0.2) is 5.96 Å². The number of aliphatic imine (C=N–C) groups is 1. The summed E-state index contributed by atoms with van der Waals surface area (Å²) in [6, 6.07) is 6.65. The van der Waals surface area contributed by atoms with E-state index in [4.69, 9.17) is 0 Å². The van der Waals surface area contributed by atoms with Gasteiger partial charge in [-0.2, -0.15) is 8.78 Å². The van der Waals surface area contributed by atoms with E-state index < -0.39 is 6.61 Å². The summed E-state index contributed by atoms with van der Waals surface area (Å²) < 4.78 is 29.6. The van der Waals surface area contributed by atoms with E-state index >= 15 is 0 Å². The van der Waals surface area contributed by atoms with E-state index in [0.29, 0.717) is 24.6 Å². The number of halogens is 2. The molecule has 1 fully saturated rings. The molecule has 7 nitrogen and oxygen atoms in total. The van der Waals surface area contributed by atoms with Crippen molar-refractivity contribution in [3.63, 3.8) is 0 Å². The van der Waals surface area contributed by atoms with Crippen molar-refractivity contribution in [2.24, 2.45) is 4.99 Å². The maximum Gasteiger partial charge on any atom is 0.387 e. The molecular formula is C19H29F2N5O2. The van der Waals surface area contributed by atoms with Gasteiger partial charge in [-0.25, -0.2) is 4.99 Å². The Labute approximate surface area is 164 Å². The zero-order valence-electron chi connectivity index (χ0n) is 16.5. The third kappa shape index (κ3) is 7.30. The molecule has 1 heterocycles. The van der Waals surface area contributed by atoms with Crippen LogP contribution in [0.5, 0.6) is 5.75 Å². The Morgan fingerprint density at radius 1 is 1.21 bits per heavy atom. The minimum atomic E-state index is -2.86. The lowest BCUT2D eigenvalue weighted by atomic mass is 10.2. The first-order chi connectivity index (χ1) is 13.5. The number of nitrogens with zero attached hydrogens (tertiary/aromatic N) is 3. The van der Waals surface area contributed by atoms with Crippen molar-refractivity contribution in [1.29, 1.82) is 0 Å². The molecule has 28 heavy (non-hydrogen) atoms. The van der Waals surface area contributed by atoms with Gasteiger partial charge in [-0.15, -0.1) is 0 Å². The molecule has 9 heteroatoms. The number of carbonyl (C=O) groups excluding carboxylic acids is 1. The van der Waals surface area contributed by atoms with Gasteiger partial charge >= 0.3 is 6.61 Å². The molecular weight excluding hydrogens is 368 g/mol. The van der Waals surface area contributed by atoms with Gasteiger partial charge in [0, 0.05) is 58.3 Å². The van der Waals surface area contributed by atoms with Crippen molar-refractivity contribution in [2.75, 3.05) is 45.8 Å². The van der Waals surface area contributed by atoms with Crippen LogP contribution in [0, 0.1) is 0 Å². The molecule has 0 unspecified atom stereocenters. The second kappa shape index (κ2) is 11.4. The minimum Gasteiger partial charge on any atom is -0.434 e. The number of benzene rings is 1. The van der Waals surface area contributed by atoms with Crippen LogP contribution in [-0.4, -0.2) is 74.1 Å². The average molecular weight is 397 g/mol. The first-order valence-electron chi connectivity index (χ1n) is 9.52. The third-order valence-electron chi connectivity index (χ3n) is 4.48. The van der Waals surface area contributed by atoms with Crippen molar-refractivity contribution >= 4 is 11.9 Å². The second-order valence-electron chi connectivity index (χ2n) is 6.46. The summed E-state index contributed by atoms with van der Waals surface area (Å²) in [5, 5.41) is 6.41. The summed E-state index contributed by atoms with van der Waals surface area (Å²) in [4.78, 5) is 20.0. The van der Waals surface area contributed by atoms with Crippen LogP contribution < -0.4 is 15.4 Å². The molecule has 156 valence electrons. The quantitative estimate of drug-likeness (QED) is 0.514. The number of para-hydroxylation sites is 1. The number of piperazine rings is 1. The molecule has 0 aromatic heterocycles. The largest absolute Gasteiger partial charge is 0.434 e. The monoisotopic (exact) mass is 397 g/mol. The number of hydrogen-bond donors (Lipinski definition) is 2. The van der Waals surface area contributed by atoms with Crippen molar-refractivity contribution in [2.45, 2.75) is 27.0 Å². The number of ether oxygens (including phenoxy) is 1. The molecule has 2 N–H and O–H groups in total. The van der Waals surface area contributed by atoms with Crippen LogP contribution in [0.15, 0.2) is 29.3 Å². The number of carbonyl (C=O) groups is 1. The van der Waals surface area contributed by atoms with Crippen molar-refractivity contribution in [1.82, 2.24) is 20.4 Å². The van der Waals surface area contributed by atoms with E-state index in [9.17, 15) is 13.6 Å². The lowest BCUT2D eigenvalue weighted by Crippen LogP contribution is -2.50. The zero-order chi connectivity index (χ0) is 20.4. The van der Waals surface area contributed by atoms with Crippen LogP contribution >= 0.6 is 0 Å². The number of guanidine groups is 1. The molecule has 1 aliphatic rings.